The lowest BCUT2D eigenvalue weighted by Gasteiger charge is -2.29. The van der Waals surface area contributed by atoms with Gasteiger partial charge in [-0.15, -0.1) is 0 Å². The first-order chi connectivity index (χ1) is 8.56. The molecule has 1 fully saturated rings. The van der Waals surface area contributed by atoms with Crippen LogP contribution in [0.2, 0.25) is 0 Å². The fourth-order valence-corrected chi connectivity index (χ4v) is 2.05. The number of nitrogens with zero attached hydrogens (tertiary/aromatic N) is 1. The third kappa shape index (κ3) is 2.98. The molecule has 1 aliphatic rings. The molecule has 1 aliphatic heterocycles. The maximum Gasteiger partial charge on any atom is 0.165 e. The summed E-state index contributed by atoms with van der Waals surface area (Å²) in [5.41, 5.74) is 5.68. The minimum absolute atomic E-state index is 0.0684. The van der Waals surface area contributed by atoms with Crippen LogP contribution in [0.25, 0.3) is 0 Å². The molecule has 0 aliphatic carbocycles. The van der Waals surface area contributed by atoms with Gasteiger partial charge in [0, 0.05) is 18.7 Å². The lowest BCUT2D eigenvalue weighted by Crippen LogP contribution is -2.35. The van der Waals surface area contributed by atoms with Gasteiger partial charge in [0.15, 0.2) is 11.6 Å². The largest absolute Gasteiger partial charge is 0.487 e. The summed E-state index contributed by atoms with van der Waals surface area (Å²) in [5.74, 6) is -0.351. The number of nitrogens with one attached hydrogen (secondary N) is 1. The zero-order valence-electron chi connectivity index (χ0n) is 10.4. The average molecular weight is 251 g/mol. The van der Waals surface area contributed by atoms with Gasteiger partial charge in [0.2, 0.25) is 0 Å². The maximum absolute atomic E-state index is 13.8. The number of amidine groups is 1. The fourth-order valence-electron chi connectivity index (χ4n) is 2.05. The standard InChI is InChI=1S/C13H18FN3O/c1-17-6-4-10(5-7-17)18-12-3-2-9(13(15)16)8-11(12)14/h2-3,8,10H,4-7H2,1H3,(H3,15,16). The molecule has 18 heavy (non-hydrogen) atoms. The molecule has 0 saturated carbocycles. The van der Waals surface area contributed by atoms with E-state index in [1.165, 1.54) is 6.07 Å². The molecule has 1 aromatic carbocycles. The van der Waals surface area contributed by atoms with Crippen LogP contribution in [0.1, 0.15) is 18.4 Å². The quantitative estimate of drug-likeness (QED) is 0.633. The molecule has 3 N–H and O–H groups in total. The molecule has 1 heterocycles. The van der Waals surface area contributed by atoms with Gasteiger partial charge in [0.05, 0.1) is 0 Å². The van der Waals surface area contributed by atoms with Crippen LogP contribution in [0, 0.1) is 11.2 Å². The van der Waals surface area contributed by atoms with E-state index in [4.69, 9.17) is 15.9 Å². The number of nitrogens with two attached hydrogens (primary N) is 1. The highest BCUT2D eigenvalue weighted by Gasteiger charge is 2.19. The van der Waals surface area contributed by atoms with Crippen LogP contribution in [0.4, 0.5) is 4.39 Å². The number of ether oxygens (including phenoxy) is 1. The molecule has 1 saturated heterocycles. The van der Waals surface area contributed by atoms with E-state index in [0.717, 1.165) is 25.9 Å². The molecule has 98 valence electrons. The van der Waals surface area contributed by atoms with Crippen molar-refractivity contribution in [3.05, 3.63) is 29.6 Å². The van der Waals surface area contributed by atoms with E-state index in [-0.39, 0.29) is 17.7 Å². The topological polar surface area (TPSA) is 62.3 Å². The number of likely N-dealkylation sites (tertiary alicyclic amines) is 1. The van der Waals surface area contributed by atoms with Gasteiger partial charge >= 0.3 is 0 Å². The van der Waals surface area contributed by atoms with E-state index in [0.29, 0.717) is 5.56 Å². The number of halogens is 1. The Labute approximate surface area is 106 Å². The minimum atomic E-state index is -0.457. The summed E-state index contributed by atoms with van der Waals surface area (Å²) in [7, 11) is 2.07. The van der Waals surface area contributed by atoms with E-state index >= 15 is 0 Å². The smallest absolute Gasteiger partial charge is 0.165 e. The Balaban J connectivity index is 2.03. The average Bonchev–Trinajstić information content (AvgIpc) is 2.34. The van der Waals surface area contributed by atoms with Crippen molar-refractivity contribution in [3.8, 4) is 5.75 Å². The first-order valence-electron chi connectivity index (χ1n) is 6.05. The summed E-state index contributed by atoms with van der Waals surface area (Å²) in [6, 6.07) is 4.40. The first-order valence-corrected chi connectivity index (χ1v) is 6.05. The van der Waals surface area contributed by atoms with Gasteiger partial charge in [-0.1, -0.05) is 0 Å². The van der Waals surface area contributed by atoms with E-state index in [9.17, 15) is 4.39 Å². The molecule has 0 atom stereocenters. The van der Waals surface area contributed by atoms with Gasteiger partial charge < -0.3 is 15.4 Å². The SMILES string of the molecule is CN1CCC(Oc2ccc(C(=N)N)cc2F)CC1. The summed E-state index contributed by atoms with van der Waals surface area (Å²) in [4.78, 5) is 2.23. The highest BCUT2D eigenvalue weighted by Crippen LogP contribution is 2.22. The lowest BCUT2D eigenvalue weighted by molar-refractivity contribution is 0.110. The van der Waals surface area contributed by atoms with Crippen molar-refractivity contribution in [2.24, 2.45) is 5.73 Å². The van der Waals surface area contributed by atoms with E-state index in [2.05, 4.69) is 11.9 Å². The van der Waals surface area contributed by atoms with E-state index < -0.39 is 5.82 Å². The van der Waals surface area contributed by atoms with Gasteiger partial charge in [-0.05, 0) is 38.1 Å². The second kappa shape index (κ2) is 5.35. The Morgan fingerprint density at radius 3 is 2.67 bits per heavy atom. The molecule has 5 heteroatoms. The normalized spacial score (nSPS) is 17.7. The summed E-state index contributed by atoms with van der Waals surface area (Å²) >= 11 is 0. The summed E-state index contributed by atoms with van der Waals surface area (Å²) < 4.78 is 19.4. The van der Waals surface area contributed by atoms with Crippen molar-refractivity contribution in [1.82, 2.24) is 4.90 Å². The third-order valence-electron chi connectivity index (χ3n) is 3.20. The predicted octanol–water partition coefficient (Wildman–Crippen LogP) is 1.58. The van der Waals surface area contributed by atoms with Gasteiger partial charge in [-0.25, -0.2) is 4.39 Å². The Morgan fingerprint density at radius 1 is 1.44 bits per heavy atom. The Morgan fingerprint density at radius 2 is 2.11 bits per heavy atom. The predicted molar refractivity (Wildman–Crippen MR) is 68.6 cm³/mol. The number of rotatable bonds is 3. The Bertz CT molecular complexity index is 442. The van der Waals surface area contributed by atoms with Crippen LogP contribution in [-0.2, 0) is 0 Å². The molecular weight excluding hydrogens is 233 g/mol. The summed E-state index contributed by atoms with van der Waals surface area (Å²) in [6.45, 7) is 1.94. The first kappa shape index (κ1) is 12.8. The maximum atomic E-state index is 13.8. The van der Waals surface area contributed by atoms with E-state index in [1.54, 1.807) is 12.1 Å². The van der Waals surface area contributed by atoms with Gasteiger partial charge in [-0.3, -0.25) is 5.41 Å². The van der Waals surface area contributed by atoms with Crippen LogP contribution in [0.15, 0.2) is 18.2 Å². The second-order valence-corrected chi connectivity index (χ2v) is 4.68. The number of piperidine rings is 1. The van der Waals surface area contributed by atoms with E-state index in [1.807, 2.05) is 0 Å². The van der Waals surface area contributed by atoms with Crippen molar-refractivity contribution in [2.75, 3.05) is 20.1 Å². The number of hydrogen-bond donors (Lipinski definition) is 2. The molecule has 0 amide bonds. The summed E-state index contributed by atoms with van der Waals surface area (Å²) in [5, 5.41) is 7.24. The van der Waals surface area contributed by atoms with Crippen molar-refractivity contribution >= 4 is 5.84 Å². The Hall–Kier alpha value is -1.62. The fraction of sp³-hybridized carbons (Fsp3) is 0.462. The molecule has 4 nitrogen and oxygen atoms in total. The van der Waals surface area contributed by atoms with Gasteiger partial charge in [-0.2, -0.15) is 0 Å². The second-order valence-electron chi connectivity index (χ2n) is 4.68. The zero-order chi connectivity index (χ0) is 13.1. The molecule has 0 spiro atoms. The molecule has 2 rings (SSSR count). The van der Waals surface area contributed by atoms with Crippen molar-refractivity contribution in [3.63, 3.8) is 0 Å². The monoisotopic (exact) mass is 251 g/mol. The van der Waals surface area contributed by atoms with Crippen LogP contribution in [0.3, 0.4) is 0 Å². The number of nitrogen functional groups attached to an aromatic ring is 1. The number of hydrogen-bond acceptors (Lipinski definition) is 3. The molecule has 0 bridgehead atoms. The number of benzene rings is 1. The van der Waals surface area contributed by atoms with Crippen LogP contribution < -0.4 is 10.5 Å². The van der Waals surface area contributed by atoms with Crippen molar-refractivity contribution in [1.29, 1.82) is 5.41 Å². The highest BCUT2D eigenvalue weighted by molar-refractivity contribution is 5.95. The molecule has 0 unspecified atom stereocenters. The molecule has 0 radical (unpaired) electrons. The molecule has 1 aromatic rings. The van der Waals surface area contributed by atoms with Crippen LogP contribution >= 0.6 is 0 Å². The summed E-state index contributed by atoms with van der Waals surface area (Å²) in [6.07, 6.45) is 1.88. The van der Waals surface area contributed by atoms with Crippen molar-refractivity contribution < 1.29 is 9.13 Å². The van der Waals surface area contributed by atoms with Crippen LogP contribution in [0.5, 0.6) is 5.75 Å². The van der Waals surface area contributed by atoms with Gasteiger partial charge in [0.25, 0.3) is 0 Å². The van der Waals surface area contributed by atoms with Crippen LogP contribution in [-0.4, -0.2) is 37.0 Å². The zero-order valence-corrected chi connectivity index (χ0v) is 10.4. The van der Waals surface area contributed by atoms with Crippen molar-refractivity contribution in [2.45, 2.75) is 18.9 Å². The highest BCUT2D eigenvalue weighted by atomic mass is 19.1. The molecular formula is C13H18FN3O. The Kier molecular flexibility index (Phi) is 3.81. The van der Waals surface area contributed by atoms with Gasteiger partial charge in [0.1, 0.15) is 11.9 Å². The lowest BCUT2D eigenvalue weighted by atomic mass is 10.1. The third-order valence-corrected chi connectivity index (χ3v) is 3.20. The minimum Gasteiger partial charge on any atom is -0.487 e. The molecule has 0 aromatic heterocycles.